The number of rotatable bonds is 7. The minimum absolute atomic E-state index is 0.396. The minimum Gasteiger partial charge on any atom is -0.490 e. The van der Waals surface area contributed by atoms with Gasteiger partial charge in [0.2, 0.25) is 0 Å². The Bertz CT molecular complexity index is 686. The maximum Gasteiger partial charge on any atom is 0.407 e. The van der Waals surface area contributed by atoms with Gasteiger partial charge >= 0.3 is 6.09 Å². The molecule has 1 aromatic carbocycles. The van der Waals surface area contributed by atoms with Gasteiger partial charge < -0.3 is 30.2 Å². The number of nitrogens with one attached hydrogen (secondary N) is 3. The molecule has 0 fully saturated rings. The maximum atomic E-state index is 11.6. The predicted octanol–water partition coefficient (Wildman–Crippen LogP) is 2.82. The molecule has 0 saturated heterocycles. The number of guanidine groups is 1. The molecule has 0 bridgehead atoms. The Balaban J connectivity index is 1.78. The van der Waals surface area contributed by atoms with Crippen molar-refractivity contribution in [1.29, 1.82) is 0 Å². The van der Waals surface area contributed by atoms with Crippen LogP contribution >= 0.6 is 0 Å². The van der Waals surface area contributed by atoms with E-state index in [1.54, 1.807) is 0 Å². The smallest absolute Gasteiger partial charge is 0.407 e. The molecule has 1 aliphatic heterocycles. The summed E-state index contributed by atoms with van der Waals surface area (Å²) in [6, 6.07) is 5.93. The Hall–Kier alpha value is -2.64. The predicted molar refractivity (Wildman–Crippen MR) is 114 cm³/mol. The number of nitrogens with zero attached hydrogens (tertiary/aromatic N) is 1. The number of fused-ring (bicyclic) bond motifs is 1. The van der Waals surface area contributed by atoms with Crippen LogP contribution < -0.4 is 25.4 Å². The van der Waals surface area contributed by atoms with E-state index in [-0.39, 0.29) is 0 Å². The number of hydrogen-bond donors (Lipinski definition) is 3. The molecule has 3 N–H and O–H groups in total. The first kappa shape index (κ1) is 22.6. The third-order valence-electron chi connectivity index (χ3n) is 3.89. The Morgan fingerprint density at radius 3 is 2.55 bits per heavy atom. The molecule has 1 aromatic rings. The minimum atomic E-state index is -0.486. The fourth-order valence-corrected chi connectivity index (χ4v) is 2.62. The summed E-state index contributed by atoms with van der Waals surface area (Å²) in [5.74, 6) is 2.30. The normalized spacial score (nSPS) is 14.0. The third-order valence-corrected chi connectivity index (χ3v) is 3.89. The van der Waals surface area contributed by atoms with E-state index in [1.807, 2.05) is 45.9 Å². The maximum absolute atomic E-state index is 11.6. The third kappa shape index (κ3) is 8.93. The van der Waals surface area contributed by atoms with Gasteiger partial charge in [0.25, 0.3) is 0 Å². The van der Waals surface area contributed by atoms with Crippen LogP contribution in [0.5, 0.6) is 11.5 Å². The van der Waals surface area contributed by atoms with Gasteiger partial charge in [-0.05, 0) is 51.8 Å². The van der Waals surface area contributed by atoms with E-state index in [1.165, 1.54) is 0 Å². The SMILES string of the molecule is CCNC(=NCc1ccc2c(c1)OCCCO2)NCCCNC(=O)OC(C)(C)C. The van der Waals surface area contributed by atoms with Gasteiger partial charge in [-0.15, -0.1) is 0 Å². The van der Waals surface area contributed by atoms with E-state index in [9.17, 15) is 4.79 Å². The lowest BCUT2D eigenvalue weighted by Gasteiger charge is -2.19. The fourth-order valence-electron chi connectivity index (χ4n) is 2.62. The molecule has 8 nitrogen and oxygen atoms in total. The van der Waals surface area contributed by atoms with Crippen molar-refractivity contribution in [2.45, 2.75) is 52.7 Å². The molecule has 8 heteroatoms. The Morgan fingerprint density at radius 1 is 1.10 bits per heavy atom. The Morgan fingerprint density at radius 2 is 1.83 bits per heavy atom. The van der Waals surface area contributed by atoms with Crippen molar-refractivity contribution in [1.82, 2.24) is 16.0 Å². The number of carbonyl (C=O) groups excluding carboxylic acids is 1. The monoisotopic (exact) mass is 406 g/mol. The lowest BCUT2D eigenvalue weighted by Crippen LogP contribution is -2.39. The molecule has 1 amide bonds. The van der Waals surface area contributed by atoms with Crippen LogP contribution in [0.3, 0.4) is 0 Å². The van der Waals surface area contributed by atoms with Crippen molar-refractivity contribution < 1.29 is 19.0 Å². The number of amides is 1. The zero-order valence-corrected chi connectivity index (χ0v) is 18.0. The van der Waals surface area contributed by atoms with Crippen molar-refractivity contribution in [2.75, 3.05) is 32.8 Å². The van der Waals surface area contributed by atoms with Crippen LogP contribution in [0.2, 0.25) is 0 Å². The van der Waals surface area contributed by atoms with E-state index >= 15 is 0 Å². The first-order valence-corrected chi connectivity index (χ1v) is 10.2. The number of aliphatic imine (C=N–C) groups is 1. The summed E-state index contributed by atoms with van der Waals surface area (Å²) in [6.07, 6.45) is 1.25. The van der Waals surface area contributed by atoms with Crippen molar-refractivity contribution in [3.05, 3.63) is 23.8 Å². The zero-order chi connectivity index (χ0) is 21.1. The highest BCUT2D eigenvalue weighted by Gasteiger charge is 2.15. The van der Waals surface area contributed by atoms with Crippen LogP contribution in [0.4, 0.5) is 4.79 Å². The molecule has 0 aliphatic carbocycles. The van der Waals surface area contributed by atoms with Gasteiger partial charge in [0.05, 0.1) is 19.8 Å². The summed E-state index contributed by atoms with van der Waals surface area (Å²) in [5, 5.41) is 9.25. The van der Waals surface area contributed by atoms with Crippen molar-refractivity contribution >= 4 is 12.1 Å². The Labute approximate surface area is 173 Å². The highest BCUT2D eigenvalue weighted by atomic mass is 16.6. The number of benzene rings is 1. The zero-order valence-electron chi connectivity index (χ0n) is 18.0. The second-order valence-electron chi connectivity index (χ2n) is 7.74. The molecular weight excluding hydrogens is 372 g/mol. The van der Waals surface area contributed by atoms with E-state index in [0.717, 1.165) is 42.4 Å². The van der Waals surface area contributed by atoms with Gasteiger partial charge in [0.1, 0.15) is 5.60 Å². The van der Waals surface area contributed by atoms with E-state index in [0.29, 0.717) is 32.8 Å². The summed E-state index contributed by atoms with van der Waals surface area (Å²) < 4.78 is 16.6. The quantitative estimate of drug-likeness (QED) is 0.366. The fraction of sp³-hybridized carbons (Fsp3) is 0.619. The van der Waals surface area contributed by atoms with Crippen LogP contribution in [0.1, 0.15) is 46.1 Å². The van der Waals surface area contributed by atoms with E-state index < -0.39 is 11.7 Å². The summed E-state index contributed by atoms with van der Waals surface area (Å²) >= 11 is 0. The number of alkyl carbamates (subject to hydrolysis) is 1. The summed E-state index contributed by atoms with van der Waals surface area (Å²) in [6.45, 7) is 11.4. The molecule has 29 heavy (non-hydrogen) atoms. The molecule has 0 spiro atoms. The van der Waals surface area contributed by atoms with Crippen LogP contribution in [0.25, 0.3) is 0 Å². The van der Waals surface area contributed by atoms with E-state index in [4.69, 9.17) is 14.2 Å². The van der Waals surface area contributed by atoms with Crippen LogP contribution in [-0.2, 0) is 11.3 Å². The summed E-state index contributed by atoms with van der Waals surface area (Å²) in [4.78, 5) is 16.3. The second kappa shape index (κ2) is 11.4. The molecule has 1 aliphatic rings. The number of ether oxygens (including phenoxy) is 3. The molecule has 0 radical (unpaired) electrons. The second-order valence-corrected chi connectivity index (χ2v) is 7.74. The van der Waals surface area contributed by atoms with Crippen LogP contribution in [0, 0.1) is 0 Å². The average Bonchev–Trinajstić information content (AvgIpc) is 2.89. The largest absolute Gasteiger partial charge is 0.490 e. The highest BCUT2D eigenvalue weighted by Crippen LogP contribution is 2.30. The molecular formula is C21H34N4O4. The first-order chi connectivity index (χ1) is 13.9. The van der Waals surface area contributed by atoms with Gasteiger partial charge in [-0.25, -0.2) is 9.79 Å². The van der Waals surface area contributed by atoms with Crippen LogP contribution in [0.15, 0.2) is 23.2 Å². The number of carbonyl (C=O) groups is 1. The standard InChI is InChI=1S/C21H34N4O4/c1-5-22-19(23-10-6-11-24-20(26)29-21(2,3)4)25-15-16-8-9-17-18(14-16)28-13-7-12-27-17/h8-9,14H,5-7,10-13,15H2,1-4H3,(H,24,26)(H2,22,23,25). The molecule has 1 heterocycles. The van der Waals surface area contributed by atoms with Crippen molar-refractivity contribution in [2.24, 2.45) is 4.99 Å². The van der Waals surface area contributed by atoms with Crippen molar-refractivity contribution in [3.8, 4) is 11.5 Å². The first-order valence-electron chi connectivity index (χ1n) is 10.2. The van der Waals surface area contributed by atoms with Crippen molar-refractivity contribution in [3.63, 3.8) is 0 Å². The Kier molecular flexibility index (Phi) is 8.89. The lowest BCUT2D eigenvalue weighted by atomic mass is 10.2. The van der Waals surface area contributed by atoms with Crippen LogP contribution in [-0.4, -0.2) is 50.5 Å². The van der Waals surface area contributed by atoms with E-state index in [2.05, 4.69) is 20.9 Å². The number of hydrogen-bond acceptors (Lipinski definition) is 5. The molecule has 162 valence electrons. The lowest BCUT2D eigenvalue weighted by molar-refractivity contribution is 0.0527. The molecule has 0 unspecified atom stereocenters. The molecule has 0 saturated carbocycles. The highest BCUT2D eigenvalue weighted by molar-refractivity contribution is 5.79. The molecule has 0 atom stereocenters. The van der Waals surface area contributed by atoms with Gasteiger partial charge in [-0.1, -0.05) is 6.07 Å². The van der Waals surface area contributed by atoms with Gasteiger partial charge in [0.15, 0.2) is 17.5 Å². The summed E-state index contributed by atoms with van der Waals surface area (Å²) in [5.41, 5.74) is 0.568. The van der Waals surface area contributed by atoms with Gasteiger partial charge in [-0.2, -0.15) is 0 Å². The van der Waals surface area contributed by atoms with Gasteiger partial charge in [0, 0.05) is 26.1 Å². The molecule has 2 rings (SSSR count). The summed E-state index contributed by atoms with van der Waals surface area (Å²) in [7, 11) is 0. The topological polar surface area (TPSA) is 93.2 Å². The molecule has 0 aromatic heterocycles. The van der Waals surface area contributed by atoms with Gasteiger partial charge in [-0.3, -0.25) is 0 Å². The average molecular weight is 407 g/mol.